The van der Waals surface area contributed by atoms with Crippen LogP contribution in [0.15, 0.2) is 30.9 Å². The molecule has 1 fully saturated rings. The van der Waals surface area contributed by atoms with E-state index >= 15 is 0 Å². The van der Waals surface area contributed by atoms with Crippen LogP contribution in [0, 0.1) is 5.92 Å². The van der Waals surface area contributed by atoms with Crippen LogP contribution in [-0.2, 0) is 10.2 Å². The van der Waals surface area contributed by atoms with Gasteiger partial charge in [0, 0.05) is 32.0 Å². The van der Waals surface area contributed by atoms with Gasteiger partial charge in [0.25, 0.3) is 16.6 Å². The fraction of sp³-hybridized carbons (Fsp3) is 0.412. The highest BCUT2D eigenvalue weighted by Gasteiger charge is 2.23. The zero-order valence-electron chi connectivity index (χ0n) is 15.8. The highest BCUT2D eigenvalue weighted by molar-refractivity contribution is 7.87. The molecule has 10 nitrogen and oxygen atoms in total. The largest absolute Gasteiger partial charge is 0.356 e. The maximum atomic E-state index is 13.0. The molecule has 3 aromatic heterocycles. The van der Waals surface area contributed by atoms with E-state index in [4.69, 9.17) is 5.14 Å². The third-order valence-corrected chi connectivity index (χ3v) is 5.49. The molecule has 4 heterocycles. The average molecular weight is 438 g/mol. The Morgan fingerprint density at radius 1 is 1.27 bits per heavy atom. The molecule has 4 rings (SSSR count). The van der Waals surface area contributed by atoms with Crippen LogP contribution in [0.4, 0.5) is 14.6 Å². The van der Waals surface area contributed by atoms with Gasteiger partial charge in [-0.25, -0.2) is 38.6 Å². The molecule has 1 atom stereocenters. The van der Waals surface area contributed by atoms with Crippen LogP contribution in [0.2, 0.25) is 0 Å². The van der Waals surface area contributed by atoms with E-state index in [1.807, 2.05) is 4.90 Å². The molecular formula is C17H20F2N8O2S. The predicted molar refractivity (Wildman–Crippen MR) is 105 cm³/mol. The van der Waals surface area contributed by atoms with Gasteiger partial charge in [0.05, 0.1) is 12.4 Å². The van der Waals surface area contributed by atoms with Crippen LogP contribution >= 0.6 is 0 Å². The van der Waals surface area contributed by atoms with Gasteiger partial charge in [0.1, 0.15) is 17.2 Å². The van der Waals surface area contributed by atoms with Crippen molar-refractivity contribution in [2.24, 2.45) is 11.1 Å². The van der Waals surface area contributed by atoms with Crippen molar-refractivity contribution in [2.45, 2.75) is 19.3 Å². The van der Waals surface area contributed by atoms with Gasteiger partial charge < -0.3 is 4.90 Å². The summed E-state index contributed by atoms with van der Waals surface area (Å²) in [5.41, 5.74) is 0.523. The minimum atomic E-state index is -3.73. The lowest BCUT2D eigenvalue weighted by atomic mass is 9.98. The van der Waals surface area contributed by atoms with Crippen LogP contribution in [0.1, 0.15) is 25.0 Å². The number of aromatic nitrogens is 5. The van der Waals surface area contributed by atoms with E-state index in [1.54, 1.807) is 12.3 Å². The molecule has 0 spiro atoms. The predicted octanol–water partition coefficient (Wildman–Crippen LogP) is 1.13. The number of imidazole rings is 1. The third kappa shape index (κ3) is 4.52. The number of alkyl halides is 2. The van der Waals surface area contributed by atoms with Gasteiger partial charge in [0.2, 0.25) is 0 Å². The molecule has 0 aliphatic carbocycles. The lowest BCUT2D eigenvalue weighted by Crippen LogP contribution is -2.42. The number of nitrogens with one attached hydrogen (secondary N) is 1. The number of piperidine rings is 1. The molecule has 1 unspecified atom stereocenters. The summed E-state index contributed by atoms with van der Waals surface area (Å²) < 4.78 is 52.2. The number of hydrogen-bond acceptors (Lipinski definition) is 7. The average Bonchev–Trinajstić information content (AvgIpc) is 3.15. The van der Waals surface area contributed by atoms with E-state index in [-0.39, 0.29) is 18.2 Å². The van der Waals surface area contributed by atoms with Crippen LogP contribution in [-0.4, -0.2) is 52.4 Å². The minimum Gasteiger partial charge on any atom is -0.356 e. The molecular weight excluding hydrogens is 418 g/mol. The first-order valence-corrected chi connectivity index (χ1v) is 10.8. The van der Waals surface area contributed by atoms with E-state index in [0.29, 0.717) is 29.5 Å². The Morgan fingerprint density at radius 2 is 2.10 bits per heavy atom. The Bertz CT molecular complexity index is 1150. The Morgan fingerprint density at radius 3 is 2.87 bits per heavy atom. The second kappa shape index (κ2) is 8.16. The van der Waals surface area contributed by atoms with Gasteiger partial charge in [-0.2, -0.15) is 8.42 Å². The molecule has 1 saturated heterocycles. The first-order valence-electron chi connectivity index (χ1n) is 9.27. The molecule has 0 bridgehead atoms. The molecule has 0 aromatic carbocycles. The van der Waals surface area contributed by atoms with Gasteiger partial charge >= 0.3 is 0 Å². The summed E-state index contributed by atoms with van der Waals surface area (Å²) in [4.78, 5) is 18.8. The normalized spacial score (nSPS) is 17.7. The van der Waals surface area contributed by atoms with Crippen LogP contribution in [0.25, 0.3) is 17.2 Å². The molecule has 0 saturated carbocycles. The lowest BCUT2D eigenvalue weighted by Gasteiger charge is -2.33. The minimum absolute atomic E-state index is 0.0889. The number of halogens is 2. The van der Waals surface area contributed by atoms with E-state index in [1.165, 1.54) is 23.0 Å². The fourth-order valence-electron chi connectivity index (χ4n) is 3.50. The Kier molecular flexibility index (Phi) is 5.58. The number of anilines is 1. The molecule has 3 N–H and O–H groups in total. The van der Waals surface area contributed by atoms with Gasteiger partial charge in [-0.05, 0) is 24.8 Å². The van der Waals surface area contributed by atoms with Crippen molar-refractivity contribution in [3.63, 3.8) is 0 Å². The van der Waals surface area contributed by atoms with Crippen LogP contribution < -0.4 is 14.8 Å². The van der Waals surface area contributed by atoms with Crippen molar-refractivity contribution >= 4 is 21.7 Å². The maximum absolute atomic E-state index is 13.0. The standard InChI is InChI=1S/C17H20F2N8O2S/c18-16(19)12-10-27-13(7-23-15(27)8-22-12)17-21-4-3-14(25-17)26-5-1-2-11(9-26)6-24-30(20,28)29/h3-4,7-8,10-11,16,24H,1-2,5-6,9H2,(H2,20,28,29). The van der Waals surface area contributed by atoms with Crippen molar-refractivity contribution in [2.75, 3.05) is 24.5 Å². The Labute approximate surface area is 171 Å². The molecule has 1 aliphatic heterocycles. The van der Waals surface area contributed by atoms with E-state index in [0.717, 1.165) is 19.4 Å². The van der Waals surface area contributed by atoms with Crippen LogP contribution in [0.3, 0.4) is 0 Å². The second-order valence-corrected chi connectivity index (χ2v) is 8.45. The van der Waals surface area contributed by atoms with Crippen molar-refractivity contribution in [3.05, 3.63) is 36.5 Å². The number of nitrogens with zero attached hydrogens (tertiary/aromatic N) is 6. The summed E-state index contributed by atoms with van der Waals surface area (Å²) in [6, 6.07) is 1.76. The monoisotopic (exact) mass is 438 g/mol. The first kappa shape index (κ1) is 20.5. The summed E-state index contributed by atoms with van der Waals surface area (Å²) in [5, 5.41) is 5.01. The molecule has 0 amide bonds. The number of nitrogens with two attached hydrogens (primary N) is 1. The summed E-state index contributed by atoms with van der Waals surface area (Å²) in [6.07, 6.45) is 4.66. The van der Waals surface area contributed by atoms with Gasteiger partial charge in [0.15, 0.2) is 11.5 Å². The summed E-state index contributed by atoms with van der Waals surface area (Å²) in [5.74, 6) is 1.10. The highest BCUT2D eigenvalue weighted by atomic mass is 32.2. The van der Waals surface area contributed by atoms with Crippen molar-refractivity contribution in [1.29, 1.82) is 0 Å². The van der Waals surface area contributed by atoms with E-state index < -0.39 is 16.6 Å². The second-order valence-electron chi connectivity index (χ2n) is 7.07. The molecule has 30 heavy (non-hydrogen) atoms. The molecule has 3 aromatic rings. The number of rotatable bonds is 6. The first-order chi connectivity index (χ1) is 14.3. The highest BCUT2D eigenvalue weighted by Crippen LogP contribution is 2.25. The van der Waals surface area contributed by atoms with Gasteiger partial charge in [-0.3, -0.25) is 4.40 Å². The maximum Gasteiger partial charge on any atom is 0.281 e. The summed E-state index contributed by atoms with van der Waals surface area (Å²) in [7, 11) is -3.73. The van der Waals surface area contributed by atoms with Crippen LogP contribution in [0.5, 0.6) is 0 Å². The molecule has 160 valence electrons. The van der Waals surface area contributed by atoms with Crippen molar-refractivity contribution < 1.29 is 17.2 Å². The van der Waals surface area contributed by atoms with Gasteiger partial charge in [-0.15, -0.1) is 0 Å². The van der Waals surface area contributed by atoms with Crippen molar-refractivity contribution in [3.8, 4) is 11.5 Å². The third-order valence-electron chi connectivity index (χ3n) is 4.93. The summed E-state index contributed by atoms with van der Waals surface area (Å²) >= 11 is 0. The smallest absolute Gasteiger partial charge is 0.281 e. The zero-order chi connectivity index (χ0) is 21.3. The molecule has 1 aliphatic rings. The fourth-order valence-corrected chi connectivity index (χ4v) is 3.97. The van der Waals surface area contributed by atoms with Gasteiger partial charge in [-0.1, -0.05) is 0 Å². The number of hydrogen-bond donors (Lipinski definition) is 2. The van der Waals surface area contributed by atoms with Crippen molar-refractivity contribution in [1.82, 2.24) is 29.1 Å². The number of fused-ring (bicyclic) bond motifs is 1. The zero-order valence-corrected chi connectivity index (χ0v) is 16.6. The Hall–Kier alpha value is -2.77. The van der Waals surface area contributed by atoms with E-state index in [9.17, 15) is 17.2 Å². The van der Waals surface area contributed by atoms with E-state index in [2.05, 4.69) is 24.7 Å². The topological polar surface area (TPSA) is 131 Å². The Balaban J connectivity index is 1.59. The quantitative estimate of drug-likeness (QED) is 0.590. The summed E-state index contributed by atoms with van der Waals surface area (Å²) in [6.45, 7) is 1.62. The molecule has 0 radical (unpaired) electrons. The SMILES string of the molecule is NS(=O)(=O)NCC1CCCN(c2ccnc(-c3cnc4cnc(C(F)F)cn34)n2)C1. The lowest BCUT2D eigenvalue weighted by molar-refractivity contribution is 0.145. The molecule has 13 heteroatoms.